The Morgan fingerprint density at radius 1 is 1.18 bits per heavy atom. The van der Waals surface area contributed by atoms with Crippen LogP contribution in [0.1, 0.15) is 42.1 Å². The van der Waals surface area contributed by atoms with Crippen molar-refractivity contribution in [2.45, 2.75) is 37.2 Å². The van der Waals surface area contributed by atoms with Gasteiger partial charge in [0.1, 0.15) is 16.8 Å². The minimum absolute atomic E-state index is 0.147. The lowest BCUT2D eigenvalue weighted by Crippen LogP contribution is -2.36. The van der Waals surface area contributed by atoms with Crippen LogP contribution in [0, 0.1) is 17.1 Å². The van der Waals surface area contributed by atoms with E-state index in [1.54, 1.807) is 0 Å². The van der Waals surface area contributed by atoms with E-state index in [1.165, 1.54) is 29.4 Å². The molecule has 2 aromatic rings. The molecule has 1 aliphatic heterocycles. The first-order valence-corrected chi connectivity index (χ1v) is 12.0. The van der Waals surface area contributed by atoms with Crippen molar-refractivity contribution in [1.29, 1.82) is 5.26 Å². The largest absolute Gasteiger partial charge is 0.449 e. The summed E-state index contributed by atoms with van der Waals surface area (Å²) in [5, 5.41) is 11.6. The summed E-state index contributed by atoms with van der Waals surface area (Å²) >= 11 is 5.94. The van der Waals surface area contributed by atoms with E-state index in [1.807, 2.05) is 6.07 Å². The Hall–Kier alpha value is -3.00. The number of nitriles is 1. The molecule has 33 heavy (non-hydrogen) atoms. The molecule has 2 aromatic carbocycles. The zero-order chi connectivity index (χ0) is 24.2. The first-order chi connectivity index (χ1) is 15.6. The van der Waals surface area contributed by atoms with Gasteiger partial charge in [-0.15, -0.1) is 0 Å². The van der Waals surface area contributed by atoms with Crippen LogP contribution in [0.3, 0.4) is 0 Å². The maximum Gasteiger partial charge on any atom is 0.338 e. The van der Waals surface area contributed by atoms with E-state index in [4.69, 9.17) is 21.6 Å². The third kappa shape index (κ3) is 5.68. The maximum atomic E-state index is 14.4. The maximum absolute atomic E-state index is 14.4. The summed E-state index contributed by atoms with van der Waals surface area (Å²) in [6, 6.07) is 9.07. The number of anilines is 1. The fraction of sp³-hybridized carbons (Fsp3) is 0.318. The standard InChI is InChI=1S/C22H21ClFN3O5S/c1-14(21(28)26-17-7-5-16(13-25)18(23)12-17)32-22(29)15-6-8-19(24)20(11-15)33(30,31)27-9-3-2-4-10-27/h5-8,11-12,14H,2-4,9-10H2,1H3,(H,26,28). The normalized spacial score (nSPS) is 15.3. The molecule has 1 aliphatic rings. The average molecular weight is 494 g/mol. The molecule has 1 fully saturated rings. The van der Waals surface area contributed by atoms with Crippen molar-refractivity contribution in [3.05, 3.63) is 58.4 Å². The molecule has 1 amide bonds. The summed E-state index contributed by atoms with van der Waals surface area (Å²) in [4.78, 5) is 24.3. The number of hydrogen-bond donors (Lipinski definition) is 1. The highest BCUT2D eigenvalue weighted by Crippen LogP contribution is 2.25. The Bertz CT molecular complexity index is 1220. The molecule has 1 unspecified atom stereocenters. The van der Waals surface area contributed by atoms with Crippen molar-refractivity contribution in [1.82, 2.24) is 4.31 Å². The molecule has 11 heteroatoms. The number of rotatable bonds is 6. The fourth-order valence-electron chi connectivity index (χ4n) is 3.28. The van der Waals surface area contributed by atoms with Crippen molar-refractivity contribution < 1.29 is 27.1 Å². The molecule has 0 aromatic heterocycles. The second-order valence-electron chi connectivity index (χ2n) is 7.45. The number of sulfonamides is 1. The second-order valence-corrected chi connectivity index (χ2v) is 9.77. The highest BCUT2D eigenvalue weighted by molar-refractivity contribution is 7.89. The number of halogens is 2. The molecule has 3 rings (SSSR count). The van der Waals surface area contributed by atoms with Crippen molar-refractivity contribution in [2.75, 3.05) is 18.4 Å². The molecule has 0 spiro atoms. The second kappa shape index (κ2) is 10.3. The summed E-state index contributed by atoms with van der Waals surface area (Å²) < 4.78 is 46.3. The summed E-state index contributed by atoms with van der Waals surface area (Å²) in [5.41, 5.74) is 0.331. The molecule has 0 saturated carbocycles. The molecule has 1 N–H and O–H groups in total. The summed E-state index contributed by atoms with van der Waals surface area (Å²) in [7, 11) is -4.11. The number of esters is 1. The fourth-order valence-corrected chi connectivity index (χ4v) is 5.11. The number of ether oxygens (including phenoxy) is 1. The van der Waals surface area contributed by atoms with Crippen LogP contribution < -0.4 is 5.32 Å². The van der Waals surface area contributed by atoms with E-state index >= 15 is 0 Å². The lowest BCUT2D eigenvalue weighted by atomic mass is 10.2. The highest BCUT2D eigenvalue weighted by Gasteiger charge is 2.30. The third-order valence-electron chi connectivity index (χ3n) is 5.11. The van der Waals surface area contributed by atoms with Gasteiger partial charge in [0.15, 0.2) is 6.10 Å². The zero-order valence-electron chi connectivity index (χ0n) is 17.7. The van der Waals surface area contributed by atoms with Crippen LogP contribution in [-0.2, 0) is 19.6 Å². The van der Waals surface area contributed by atoms with E-state index in [9.17, 15) is 22.4 Å². The number of piperidine rings is 1. The molecular weight excluding hydrogens is 473 g/mol. The van der Waals surface area contributed by atoms with E-state index < -0.39 is 38.7 Å². The van der Waals surface area contributed by atoms with Gasteiger partial charge in [-0.25, -0.2) is 17.6 Å². The Morgan fingerprint density at radius 2 is 1.88 bits per heavy atom. The SMILES string of the molecule is CC(OC(=O)c1ccc(F)c(S(=O)(=O)N2CCCCC2)c1)C(=O)Nc1ccc(C#N)c(Cl)c1. The molecule has 0 aliphatic carbocycles. The van der Waals surface area contributed by atoms with Crippen LogP contribution in [0.15, 0.2) is 41.3 Å². The average Bonchev–Trinajstić information content (AvgIpc) is 2.79. The molecule has 0 radical (unpaired) electrons. The quantitative estimate of drug-likeness (QED) is 0.613. The van der Waals surface area contributed by atoms with E-state index in [0.29, 0.717) is 18.5 Å². The Kier molecular flexibility index (Phi) is 7.68. The van der Waals surface area contributed by atoms with Crippen LogP contribution in [-0.4, -0.2) is 43.8 Å². The first kappa shape index (κ1) is 24.6. The Balaban J connectivity index is 1.72. The van der Waals surface area contributed by atoms with E-state index in [0.717, 1.165) is 24.6 Å². The number of nitrogens with zero attached hydrogens (tertiary/aromatic N) is 2. The topological polar surface area (TPSA) is 117 Å². The molecule has 8 nitrogen and oxygen atoms in total. The van der Waals surface area contributed by atoms with Crippen LogP contribution in [0.25, 0.3) is 0 Å². The van der Waals surface area contributed by atoms with Crippen molar-refractivity contribution in [3.63, 3.8) is 0 Å². The van der Waals surface area contributed by atoms with Crippen LogP contribution in [0.4, 0.5) is 10.1 Å². The molecule has 174 valence electrons. The van der Waals surface area contributed by atoms with Crippen molar-refractivity contribution in [3.8, 4) is 6.07 Å². The van der Waals surface area contributed by atoms with Crippen LogP contribution in [0.2, 0.25) is 5.02 Å². The van der Waals surface area contributed by atoms with Gasteiger partial charge >= 0.3 is 5.97 Å². The van der Waals surface area contributed by atoms with Gasteiger partial charge in [0.05, 0.1) is 16.1 Å². The third-order valence-corrected chi connectivity index (χ3v) is 7.34. The van der Waals surface area contributed by atoms with Crippen molar-refractivity contribution >= 4 is 39.2 Å². The van der Waals surface area contributed by atoms with Gasteiger partial charge in [-0.3, -0.25) is 4.79 Å². The van der Waals surface area contributed by atoms with Gasteiger partial charge in [-0.2, -0.15) is 9.57 Å². The molecule has 0 bridgehead atoms. The number of carbonyl (C=O) groups excluding carboxylic acids is 2. The van der Waals surface area contributed by atoms with Gasteiger partial charge in [-0.05, 0) is 56.2 Å². The van der Waals surface area contributed by atoms with E-state index in [-0.39, 0.29) is 29.2 Å². The van der Waals surface area contributed by atoms with Gasteiger partial charge in [0, 0.05) is 18.8 Å². The predicted octanol–water partition coefficient (Wildman–Crippen LogP) is 3.71. The minimum atomic E-state index is -4.11. The minimum Gasteiger partial charge on any atom is -0.449 e. The van der Waals surface area contributed by atoms with Gasteiger partial charge in [-0.1, -0.05) is 18.0 Å². The first-order valence-electron chi connectivity index (χ1n) is 10.1. The van der Waals surface area contributed by atoms with Crippen molar-refractivity contribution in [2.24, 2.45) is 0 Å². The Labute approximate surface area is 196 Å². The smallest absolute Gasteiger partial charge is 0.338 e. The number of benzene rings is 2. The van der Waals surface area contributed by atoms with Gasteiger partial charge < -0.3 is 10.1 Å². The summed E-state index contributed by atoms with van der Waals surface area (Å²) in [6.45, 7) is 1.90. The summed E-state index contributed by atoms with van der Waals surface area (Å²) in [6.07, 6.45) is 1.01. The monoisotopic (exact) mass is 493 g/mol. The highest BCUT2D eigenvalue weighted by atomic mass is 35.5. The summed E-state index contributed by atoms with van der Waals surface area (Å²) in [5.74, 6) is -2.63. The molecular formula is C22H21ClFN3O5S. The number of nitrogens with one attached hydrogen (secondary N) is 1. The van der Waals surface area contributed by atoms with E-state index in [2.05, 4.69) is 5.32 Å². The zero-order valence-corrected chi connectivity index (χ0v) is 19.2. The van der Waals surface area contributed by atoms with Crippen LogP contribution >= 0.6 is 11.6 Å². The predicted molar refractivity (Wildman–Crippen MR) is 119 cm³/mol. The van der Waals surface area contributed by atoms with Crippen LogP contribution in [0.5, 0.6) is 0 Å². The number of carbonyl (C=O) groups is 2. The lowest BCUT2D eigenvalue weighted by Gasteiger charge is -2.26. The Morgan fingerprint density at radius 3 is 2.52 bits per heavy atom. The van der Waals surface area contributed by atoms with Gasteiger partial charge in [0.25, 0.3) is 5.91 Å². The molecule has 1 saturated heterocycles. The molecule has 1 atom stereocenters. The number of amides is 1. The van der Waals surface area contributed by atoms with Gasteiger partial charge in [0.2, 0.25) is 10.0 Å². The molecule has 1 heterocycles. The lowest BCUT2D eigenvalue weighted by molar-refractivity contribution is -0.123. The number of hydrogen-bond acceptors (Lipinski definition) is 6.